The fraction of sp³-hybridized carbons (Fsp3) is 0.429. The van der Waals surface area contributed by atoms with Gasteiger partial charge in [-0.2, -0.15) is 0 Å². The van der Waals surface area contributed by atoms with Crippen LogP contribution in [0.25, 0.3) is 0 Å². The van der Waals surface area contributed by atoms with Crippen molar-refractivity contribution in [3.63, 3.8) is 0 Å². The van der Waals surface area contributed by atoms with Gasteiger partial charge in [0, 0.05) is 13.1 Å². The summed E-state index contributed by atoms with van der Waals surface area (Å²) in [5.41, 5.74) is 2.64. The second-order valence-electron chi connectivity index (χ2n) is 1.62. The molecule has 0 aliphatic carbocycles. The number of carbonyl (C=O) groups is 1. The minimum atomic E-state index is -0.222. The molecule has 0 fully saturated rings. The molecule has 0 atom stereocenters. The number of hydrogen-bond donors (Lipinski definition) is 0. The molecule has 3 heteroatoms. The van der Waals surface area contributed by atoms with Crippen molar-refractivity contribution in [3.05, 3.63) is 17.9 Å². The molecular weight excluding hydrogens is 130 g/mol. The molecule has 0 aromatic heterocycles. The molecular formula is C7H11NO2. The molecule has 0 bridgehead atoms. The Kier molecular flexibility index (Phi) is 4.29. The Morgan fingerprint density at radius 3 is 2.70 bits per heavy atom. The number of hydroxylamine groups is 2. The van der Waals surface area contributed by atoms with Crippen LogP contribution in [-0.2, 0) is 9.63 Å². The zero-order chi connectivity index (χ0) is 7.98. The predicted molar refractivity (Wildman–Crippen MR) is 38.1 cm³/mol. The molecule has 0 radical (unpaired) electrons. The molecule has 0 aromatic carbocycles. The van der Waals surface area contributed by atoms with Crippen molar-refractivity contribution in [1.29, 1.82) is 0 Å². The molecule has 10 heavy (non-hydrogen) atoms. The van der Waals surface area contributed by atoms with Crippen LogP contribution in [0.2, 0.25) is 0 Å². The van der Waals surface area contributed by atoms with Gasteiger partial charge in [0.1, 0.15) is 0 Å². The van der Waals surface area contributed by atoms with Gasteiger partial charge in [-0.1, -0.05) is 0 Å². The molecule has 0 aliphatic heterocycles. The quantitative estimate of drug-likeness (QED) is 0.322. The maximum atomic E-state index is 10.8. The standard InChI is InChI=1S/C7H11NO2/c1-4-5-6-7(9)8(2)10-3/h4,6H,1-3H3. The van der Waals surface area contributed by atoms with Gasteiger partial charge in [-0.15, -0.1) is 5.73 Å². The molecule has 0 saturated carbocycles. The van der Waals surface area contributed by atoms with E-state index in [-0.39, 0.29) is 5.91 Å². The molecule has 0 heterocycles. The third kappa shape index (κ3) is 3.07. The van der Waals surface area contributed by atoms with Gasteiger partial charge in [-0.25, -0.2) is 5.06 Å². The summed E-state index contributed by atoms with van der Waals surface area (Å²) in [6.07, 6.45) is 2.96. The number of rotatable bonds is 2. The summed E-state index contributed by atoms with van der Waals surface area (Å²) in [7, 11) is 2.97. The Labute approximate surface area is 60.5 Å². The zero-order valence-electron chi connectivity index (χ0n) is 6.42. The van der Waals surface area contributed by atoms with Crippen LogP contribution < -0.4 is 0 Å². The van der Waals surface area contributed by atoms with E-state index < -0.39 is 0 Å². The average molecular weight is 141 g/mol. The van der Waals surface area contributed by atoms with Crippen molar-refractivity contribution in [3.8, 4) is 0 Å². The Hall–Kier alpha value is -1.05. The van der Waals surface area contributed by atoms with Crippen LogP contribution in [0, 0.1) is 0 Å². The summed E-state index contributed by atoms with van der Waals surface area (Å²) in [6, 6.07) is 0. The Morgan fingerprint density at radius 1 is 1.70 bits per heavy atom. The molecule has 0 N–H and O–H groups in total. The highest BCUT2D eigenvalue weighted by molar-refractivity contribution is 5.86. The van der Waals surface area contributed by atoms with E-state index in [2.05, 4.69) is 10.6 Å². The van der Waals surface area contributed by atoms with Gasteiger partial charge < -0.3 is 0 Å². The van der Waals surface area contributed by atoms with Gasteiger partial charge in [0.15, 0.2) is 0 Å². The van der Waals surface area contributed by atoms with Crippen LogP contribution in [0.1, 0.15) is 6.92 Å². The van der Waals surface area contributed by atoms with E-state index in [1.165, 1.54) is 20.2 Å². The third-order valence-corrected chi connectivity index (χ3v) is 0.958. The number of carbonyl (C=O) groups excluding carboxylic acids is 1. The summed E-state index contributed by atoms with van der Waals surface area (Å²) in [5.74, 6) is -0.222. The topological polar surface area (TPSA) is 29.5 Å². The fourth-order valence-electron chi connectivity index (χ4n) is 0.335. The molecule has 0 aliphatic rings. The monoisotopic (exact) mass is 141 g/mol. The second-order valence-corrected chi connectivity index (χ2v) is 1.62. The van der Waals surface area contributed by atoms with Gasteiger partial charge in [0.05, 0.1) is 7.11 Å². The highest BCUT2D eigenvalue weighted by Gasteiger charge is 1.99. The first-order chi connectivity index (χ1) is 4.72. The van der Waals surface area contributed by atoms with Crippen molar-refractivity contribution >= 4 is 5.91 Å². The van der Waals surface area contributed by atoms with Gasteiger partial charge in [0.2, 0.25) is 0 Å². The van der Waals surface area contributed by atoms with Crippen molar-refractivity contribution < 1.29 is 9.63 Å². The molecule has 0 aromatic rings. The van der Waals surface area contributed by atoms with E-state index >= 15 is 0 Å². The lowest BCUT2D eigenvalue weighted by Crippen LogP contribution is -2.22. The first-order valence-electron chi connectivity index (χ1n) is 2.91. The molecule has 3 nitrogen and oxygen atoms in total. The smallest absolute Gasteiger partial charge is 0.274 e. The van der Waals surface area contributed by atoms with Crippen molar-refractivity contribution in [1.82, 2.24) is 5.06 Å². The van der Waals surface area contributed by atoms with Gasteiger partial charge in [-0.3, -0.25) is 9.63 Å². The molecule has 0 spiro atoms. The van der Waals surface area contributed by atoms with E-state index in [9.17, 15) is 4.79 Å². The minimum absolute atomic E-state index is 0.222. The summed E-state index contributed by atoms with van der Waals surface area (Å²) < 4.78 is 0. The number of likely N-dealkylation sites (N-methyl/N-ethyl adjacent to an activating group) is 1. The Morgan fingerprint density at radius 2 is 2.30 bits per heavy atom. The van der Waals surface area contributed by atoms with Crippen LogP contribution in [0.3, 0.4) is 0 Å². The maximum absolute atomic E-state index is 10.8. The summed E-state index contributed by atoms with van der Waals surface area (Å²) in [5, 5.41) is 1.12. The Balaban J connectivity index is 3.97. The first kappa shape index (κ1) is 8.95. The summed E-state index contributed by atoms with van der Waals surface area (Å²) in [6.45, 7) is 1.79. The molecule has 56 valence electrons. The Bertz CT molecular complexity index is 168. The van der Waals surface area contributed by atoms with Gasteiger partial charge in [-0.05, 0) is 13.0 Å². The summed E-state index contributed by atoms with van der Waals surface area (Å²) in [4.78, 5) is 15.4. The van der Waals surface area contributed by atoms with Crippen LogP contribution in [-0.4, -0.2) is 25.1 Å². The SMILES string of the molecule is CC=C=CC(=O)N(C)OC. The zero-order valence-corrected chi connectivity index (χ0v) is 6.42. The predicted octanol–water partition coefficient (Wildman–Crippen LogP) is 0.737. The van der Waals surface area contributed by atoms with E-state index in [1.54, 1.807) is 13.0 Å². The van der Waals surface area contributed by atoms with Crippen molar-refractivity contribution in [2.24, 2.45) is 0 Å². The van der Waals surface area contributed by atoms with Gasteiger partial charge >= 0.3 is 0 Å². The molecule has 0 rings (SSSR count). The highest BCUT2D eigenvalue weighted by atomic mass is 16.7. The fourth-order valence-corrected chi connectivity index (χ4v) is 0.335. The van der Waals surface area contributed by atoms with E-state index in [0.717, 1.165) is 5.06 Å². The van der Waals surface area contributed by atoms with Crippen molar-refractivity contribution in [2.75, 3.05) is 14.2 Å². The second kappa shape index (κ2) is 4.79. The van der Waals surface area contributed by atoms with Crippen molar-refractivity contribution in [2.45, 2.75) is 6.92 Å². The largest absolute Gasteiger partial charge is 0.277 e. The number of nitrogens with zero attached hydrogens (tertiary/aromatic N) is 1. The summed E-state index contributed by atoms with van der Waals surface area (Å²) >= 11 is 0. The average Bonchev–Trinajstić information content (AvgIpc) is 1.98. The lowest BCUT2D eigenvalue weighted by molar-refractivity contribution is -0.162. The first-order valence-corrected chi connectivity index (χ1v) is 2.91. The maximum Gasteiger partial charge on any atom is 0.277 e. The molecule has 0 unspecified atom stereocenters. The lowest BCUT2D eigenvalue weighted by Gasteiger charge is -2.08. The van der Waals surface area contributed by atoms with Crippen LogP contribution in [0.5, 0.6) is 0 Å². The van der Waals surface area contributed by atoms with E-state index in [0.29, 0.717) is 0 Å². The minimum Gasteiger partial charge on any atom is -0.274 e. The van der Waals surface area contributed by atoms with Crippen LogP contribution >= 0.6 is 0 Å². The number of amides is 1. The number of hydrogen-bond acceptors (Lipinski definition) is 2. The highest BCUT2D eigenvalue weighted by Crippen LogP contribution is 1.83. The molecule has 0 saturated heterocycles. The van der Waals surface area contributed by atoms with E-state index in [1.807, 2.05) is 0 Å². The van der Waals surface area contributed by atoms with Crippen LogP contribution in [0.4, 0.5) is 0 Å². The van der Waals surface area contributed by atoms with Crippen LogP contribution in [0.15, 0.2) is 17.9 Å². The van der Waals surface area contributed by atoms with E-state index in [4.69, 9.17) is 0 Å². The molecule has 1 amide bonds. The third-order valence-electron chi connectivity index (χ3n) is 0.958. The normalized spacial score (nSPS) is 7.90. The lowest BCUT2D eigenvalue weighted by atomic mass is 10.5. The van der Waals surface area contributed by atoms with Gasteiger partial charge in [0.25, 0.3) is 5.91 Å².